The summed E-state index contributed by atoms with van der Waals surface area (Å²) in [5.41, 5.74) is 0.923. The summed E-state index contributed by atoms with van der Waals surface area (Å²) in [6, 6.07) is 5.56. The normalized spacial score (nSPS) is 16.0. The first-order valence-corrected chi connectivity index (χ1v) is 9.72. The predicted octanol–water partition coefficient (Wildman–Crippen LogP) is 3.30. The number of aromatic nitrogens is 2. The molecule has 6 nitrogen and oxygen atoms in total. The molecule has 1 amide bonds. The summed E-state index contributed by atoms with van der Waals surface area (Å²) in [5, 5.41) is 3.37. The number of fused-ring (bicyclic) bond motifs is 1. The van der Waals surface area contributed by atoms with Gasteiger partial charge in [0.25, 0.3) is 5.56 Å². The van der Waals surface area contributed by atoms with E-state index in [9.17, 15) is 9.59 Å². The molecule has 1 aliphatic rings. The van der Waals surface area contributed by atoms with Gasteiger partial charge in [-0.15, -0.1) is 6.58 Å². The number of carbonyl (C=O) groups is 1. The highest BCUT2D eigenvalue weighted by atomic mass is 79.9. The maximum atomic E-state index is 12.8. The van der Waals surface area contributed by atoms with Gasteiger partial charge in [0, 0.05) is 35.2 Å². The molecule has 0 aliphatic carbocycles. The van der Waals surface area contributed by atoms with Crippen molar-refractivity contribution in [3.8, 4) is 5.75 Å². The van der Waals surface area contributed by atoms with Gasteiger partial charge in [-0.05, 0) is 18.2 Å². The molecule has 1 aliphatic heterocycles. The molecule has 2 aromatic rings. The van der Waals surface area contributed by atoms with E-state index in [4.69, 9.17) is 4.74 Å². The molecule has 8 heteroatoms. The minimum Gasteiger partial charge on any atom is -0.496 e. The lowest BCUT2D eigenvalue weighted by Gasteiger charge is -2.28. The molecule has 2 heterocycles. The first kappa shape index (κ1) is 18.7. The van der Waals surface area contributed by atoms with E-state index in [2.05, 4.69) is 32.8 Å². The Hall–Kier alpha value is -2.06. The molecule has 26 heavy (non-hydrogen) atoms. The topological polar surface area (TPSA) is 73.2 Å². The summed E-state index contributed by atoms with van der Waals surface area (Å²) in [4.78, 5) is 29.4. The SMILES string of the molecule is C=CCSc1nc(=O)c2c(n1C)NC(=O)CC2c1cc(Br)ccc1OC. The van der Waals surface area contributed by atoms with Crippen LogP contribution in [-0.2, 0) is 11.8 Å². The minimum absolute atomic E-state index is 0.148. The van der Waals surface area contributed by atoms with Gasteiger partial charge in [0.1, 0.15) is 11.6 Å². The summed E-state index contributed by atoms with van der Waals surface area (Å²) in [6.07, 6.45) is 1.90. The van der Waals surface area contributed by atoms with Gasteiger partial charge >= 0.3 is 0 Å². The lowest BCUT2D eigenvalue weighted by Crippen LogP contribution is -2.33. The monoisotopic (exact) mass is 435 g/mol. The van der Waals surface area contributed by atoms with Crippen molar-refractivity contribution < 1.29 is 9.53 Å². The fourth-order valence-corrected chi connectivity index (χ4v) is 4.12. The van der Waals surface area contributed by atoms with Crippen LogP contribution < -0.4 is 15.6 Å². The average Bonchev–Trinajstić information content (AvgIpc) is 2.62. The van der Waals surface area contributed by atoms with Gasteiger partial charge in [-0.25, -0.2) is 0 Å². The Morgan fingerprint density at radius 2 is 2.27 bits per heavy atom. The number of amides is 1. The summed E-state index contributed by atoms with van der Waals surface area (Å²) >= 11 is 4.85. The molecular weight excluding hydrogens is 418 g/mol. The van der Waals surface area contributed by atoms with Crippen LogP contribution in [0.4, 0.5) is 5.82 Å². The van der Waals surface area contributed by atoms with Crippen LogP contribution >= 0.6 is 27.7 Å². The van der Waals surface area contributed by atoms with E-state index >= 15 is 0 Å². The van der Waals surface area contributed by atoms with Crippen molar-refractivity contribution in [1.82, 2.24) is 9.55 Å². The quantitative estimate of drug-likeness (QED) is 0.443. The number of anilines is 1. The molecule has 3 rings (SSSR count). The lowest BCUT2D eigenvalue weighted by atomic mass is 9.86. The molecule has 1 atom stereocenters. The van der Waals surface area contributed by atoms with Gasteiger partial charge in [-0.1, -0.05) is 33.8 Å². The van der Waals surface area contributed by atoms with Crippen molar-refractivity contribution in [2.45, 2.75) is 17.5 Å². The van der Waals surface area contributed by atoms with Crippen LogP contribution in [-0.4, -0.2) is 28.3 Å². The van der Waals surface area contributed by atoms with Gasteiger partial charge in [0.2, 0.25) is 5.91 Å². The van der Waals surface area contributed by atoms with Crippen molar-refractivity contribution in [3.63, 3.8) is 0 Å². The van der Waals surface area contributed by atoms with E-state index < -0.39 is 5.92 Å². The third-order valence-corrected chi connectivity index (χ3v) is 5.72. The maximum absolute atomic E-state index is 12.8. The third kappa shape index (κ3) is 3.43. The van der Waals surface area contributed by atoms with E-state index in [0.29, 0.717) is 28.0 Å². The van der Waals surface area contributed by atoms with Gasteiger partial charge in [0.15, 0.2) is 5.16 Å². The fraction of sp³-hybridized carbons (Fsp3) is 0.278. The summed E-state index contributed by atoms with van der Waals surface area (Å²) < 4.78 is 8.05. The lowest BCUT2D eigenvalue weighted by molar-refractivity contribution is -0.116. The van der Waals surface area contributed by atoms with E-state index in [1.165, 1.54) is 11.8 Å². The van der Waals surface area contributed by atoms with Gasteiger partial charge in [0.05, 0.1) is 12.7 Å². The van der Waals surface area contributed by atoms with Crippen LogP contribution in [0.3, 0.4) is 0 Å². The van der Waals surface area contributed by atoms with Gasteiger partial charge in [-0.2, -0.15) is 4.98 Å². The second-order valence-corrected chi connectivity index (χ2v) is 7.71. The second kappa shape index (κ2) is 7.67. The van der Waals surface area contributed by atoms with E-state index in [1.54, 1.807) is 24.8 Å². The molecule has 1 N–H and O–H groups in total. The largest absolute Gasteiger partial charge is 0.496 e. The Labute approximate surface area is 163 Å². The minimum atomic E-state index is -0.421. The standard InChI is InChI=1S/C18H18BrN3O3S/c1-4-7-26-18-21-17(24)15-12(9-14(23)20-16(15)22(18)2)11-8-10(19)5-6-13(11)25-3/h4-6,8,12H,1,7,9H2,2-3H3,(H,20,23). The Kier molecular flexibility index (Phi) is 5.52. The zero-order chi connectivity index (χ0) is 18.8. The number of carbonyl (C=O) groups excluding carboxylic acids is 1. The molecule has 0 saturated heterocycles. The molecule has 0 saturated carbocycles. The number of hydrogen-bond acceptors (Lipinski definition) is 5. The molecule has 0 radical (unpaired) electrons. The van der Waals surface area contributed by atoms with E-state index in [0.717, 1.165) is 10.0 Å². The number of methoxy groups -OCH3 is 1. The van der Waals surface area contributed by atoms with E-state index in [1.807, 2.05) is 18.2 Å². The highest BCUT2D eigenvalue weighted by Crippen LogP contribution is 2.40. The highest BCUT2D eigenvalue weighted by Gasteiger charge is 2.33. The first-order chi connectivity index (χ1) is 12.5. The number of hydrogen-bond donors (Lipinski definition) is 1. The Morgan fingerprint density at radius 1 is 1.50 bits per heavy atom. The van der Waals surface area contributed by atoms with Gasteiger partial charge in [-0.3, -0.25) is 9.59 Å². The molecule has 1 aromatic heterocycles. The predicted molar refractivity (Wildman–Crippen MR) is 106 cm³/mol. The molecule has 1 aromatic carbocycles. The van der Waals surface area contributed by atoms with E-state index in [-0.39, 0.29) is 17.9 Å². The molecule has 136 valence electrons. The Morgan fingerprint density at radius 3 is 2.96 bits per heavy atom. The third-order valence-electron chi connectivity index (χ3n) is 4.20. The number of benzene rings is 1. The Balaban J connectivity index is 2.20. The molecule has 0 spiro atoms. The summed E-state index contributed by atoms with van der Waals surface area (Å²) in [7, 11) is 3.36. The highest BCUT2D eigenvalue weighted by molar-refractivity contribution is 9.10. The van der Waals surface area contributed by atoms with Crippen molar-refractivity contribution in [2.24, 2.45) is 7.05 Å². The zero-order valence-electron chi connectivity index (χ0n) is 14.4. The number of nitrogens with one attached hydrogen (secondary N) is 1. The summed E-state index contributed by atoms with van der Waals surface area (Å²) in [6.45, 7) is 3.68. The van der Waals surface area contributed by atoms with Gasteiger partial charge < -0.3 is 14.6 Å². The van der Waals surface area contributed by atoms with Crippen molar-refractivity contribution in [3.05, 3.63) is 56.8 Å². The maximum Gasteiger partial charge on any atom is 0.279 e. The van der Waals surface area contributed by atoms with Crippen LogP contribution in [0.25, 0.3) is 0 Å². The first-order valence-electron chi connectivity index (χ1n) is 7.94. The Bertz CT molecular complexity index is 942. The van der Waals surface area contributed by atoms with Crippen molar-refractivity contribution >= 4 is 39.4 Å². The molecule has 0 fully saturated rings. The van der Waals surface area contributed by atoms with Crippen LogP contribution in [0.2, 0.25) is 0 Å². The molecule has 0 bridgehead atoms. The van der Waals surface area contributed by atoms with Crippen LogP contribution in [0.1, 0.15) is 23.5 Å². The fourth-order valence-electron chi connectivity index (χ4n) is 3.04. The molecule has 1 unspecified atom stereocenters. The number of nitrogens with zero attached hydrogens (tertiary/aromatic N) is 2. The number of halogens is 1. The van der Waals surface area contributed by atoms with Crippen LogP contribution in [0.5, 0.6) is 5.75 Å². The summed E-state index contributed by atoms with van der Waals surface area (Å²) in [5.74, 6) is 1.17. The second-order valence-electron chi connectivity index (χ2n) is 5.81. The smallest absolute Gasteiger partial charge is 0.279 e. The average molecular weight is 436 g/mol. The molecular formula is C18H18BrN3O3S. The van der Waals surface area contributed by atoms with Crippen LogP contribution in [0, 0.1) is 0 Å². The number of thioether (sulfide) groups is 1. The van der Waals surface area contributed by atoms with Crippen molar-refractivity contribution in [2.75, 3.05) is 18.2 Å². The van der Waals surface area contributed by atoms with Crippen LogP contribution in [0.15, 0.2) is 45.3 Å². The zero-order valence-corrected chi connectivity index (χ0v) is 16.8. The number of rotatable bonds is 5. The number of ether oxygens (including phenoxy) is 1. The van der Waals surface area contributed by atoms with Crippen molar-refractivity contribution in [1.29, 1.82) is 0 Å².